The van der Waals surface area contributed by atoms with Crippen LogP contribution in [0.15, 0.2) is 23.0 Å². The highest BCUT2D eigenvalue weighted by molar-refractivity contribution is 9.09. The number of allylic oxidation sites excluding steroid dienone is 4. The Morgan fingerprint density at radius 2 is 2.23 bits per heavy atom. The summed E-state index contributed by atoms with van der Waals surface area (Å²) in [7, 11) is 0. The SMILES string of the molecule is OC1=C2CC[C@H]3[C@@H]2C(=CCC1)[C@@H]3Br. The summed E-state index contributed by atoms with van der Waals surface area (Å²) in [5.74, 6) is 2.09. The molecule has 3 rings (SSSR count). The molecule has 0 saturated heterocycles. The number of alkyl halides is 1. The third kappa shape index (κ3) is 0.927. The predicted octanol–water partition coefficient (Wildman–Crippen LogP) is 3.32. The van der Waals surface area contributed by atoms with Crippen molar-refractivity contribution in [1.29, 1.82) is 0 Å². The molecule has 0 heterocycles. The minimum Gasteiger partial charge on any atom is -0.512 e. The Labute approximate surface area is 86.7 Å². The zero-order valence-electron chi connectivity index (χ0n) is 7.46. The second-order valence-corrected chi connectivity index (χ2v) is 5.28. The summed E-state index contributed by atoms with van der Waals surface area (Å²) in [6, 6.07) is 0. The van der Waals surface area contributed by atoms with E-state index in [0.717, 1.165) is 25.2 Å². The van der Waals surface area contributed by atoms with Gasteiger partial charge in [0.15, 0.2) is 0 Å². The van der Waals surface area contributed by atoms with Gasteiger partial charge in [-0.2, -0.15) is 0 Å². The van der Waals surface area contributed by atoms with E-state index in [-0.39, 0.29) is 0 Å². The van der Waals surface area contributed by atoms with Crippen molar-refractivity contribution in [3.8, 4) is 0 Å². The first kappa shape index (κ1) is 8.10. The topological polar surface area (TPSA) is 20.2 Å². The zero-order valence-corrected chi connectivity index (χ0v) is 9.05. The van der Waals surface area contributed by atoms with Crippen LogP contribution in [0.25, 0.3) is 0 Å². The summed E-state index contributed by atoms with van der Waals surface area (Å²) >= 11 is 3.74. The molecule has 0 unspecified atom stereocenters. The van der Waals surface area contributed by atoms with Crippen molar-refractivity contribution in [2.24, 2.45) is 11.8 Å². The molecule has 0 aromatic heterocycles. The van der Waals surface area contributed by atoms with Gasteiger partial charge in [-0.3, -0.25) is 0 Å². The maximum Gasteiger partial charge on any atom is 0.0923 e. The van der Waals surface area contributed by atoms with Crippen molar-refractivity contribution in [3.05, 3.63) is 23.0 Å². The minimum atomic E-state index is 0.612. The molecule has 0 bridgehead atoms. The summed E-state index contributed by atoms with van der Waals surface area (Å²) in [6.07, 6.45) is 6.60. The lowest BCUT2D eigenvalue weighted by Gasteiger charge is -2.40. The van der Waals surface area contributed by atoms with Crippen LogP contribution in [-0.2, 0) is 0 Å². The standard InChI is InChI=1S/C11H13BrO/c12-11-7-2-1-3-9(13)6-4-5-8(11)10(6)7/h2,8,10-11,13H,1,3-5H2/t8-,10-,11-/m0/s1. The van der Waals surface area contributed by atoms with Gasteiger partial charge in [0.05, 0.1) is 5.76 Å². The Hall–Kier alpha value is -0.240. The van der Waals surface area contributed by atoms with E-state index in [9.17, 15) is 5.11 Å². The molecule has 1 nitrogen and oxygen atoms in total. The lowest BCUT2D eigenvalue weighted by atomic mass is 9.70. The average Bonchev–Trinajstić information content (AvgIpc) is 2.46. The largest absolute Gasteiger partial charge is 0.512 e. The number of aliphatic hydroxyl groups excluding tert-OH is 1. The van der Waals surface area contributed by atoms with Crippen molar-refractivity contribution < 1.29 is 5.11 Å². The van der Waals surface area contributed by atoms with Gasteiger partial charge in [0, 0.05) is 17.2 Å². The fourth-order valence-corrected chi connectivity index (χ4v) is 4.11. The van der Waals surface area contributed by atoms with E-state index < -0.39 is 0 Å². The lowest BCUT2D eigenvalue weighted by Crippen LogP contribution is -2.37. The maximum atomic E-state index is 9.81. The molecule has 3 aliphatic carbocycles. The fourth-order valence-electron chi connectivity index (χ4n) is 3.07. The van der Waals surface area contributed by atoms with Crippen molar-refractivity contribution >= 4 is 15.9 Å². The van der Waals surface area contributed by atoms with Crippen LogP contribution in [0, 0.1) is 11.8 Å². The third-order valence-corrected chi connectivity index (χ3v) is 4.94. The average molecular weight is 241 g/mol. The van der Waals surface area contributed by atoms with E-state index in [1.807, 2.05) is 0 Å². The van der Waals surface area contributed by atoms with Crippen molar-refractivity contribution in [1.82, 2.24) is 0 Å². The first-order chi connectivity index (χ1) is 6.29. The van der Waals surface area contributed by atoms with Crippen LogP contribution in [0.3, 0.4) is 0 Å². The van der Waals surface area contributed by atoms with Gasteiger partial charge in [0.2, 0.25) is 0 Å². The molecule has 70 valence electrons. The molecular weight excluding hydrogens is 228 g/mol. The highest BCUT2D eigenvalue weighted by atomic mass is 79.9. The van der Waals surface area contributed by atoms with Crippen LogP contribution >= 0.6 is 15.9 Å². The van der Waals surface area contributed by atoms with Gasteiger partial charge in [-0.25, -0.2) is 0 Å². The summed E-state index contributed by atoms with van der Waals surface area (Å²) in [6.45, 7) is 0. The van der Waals surface area contributed by atoms with Gasteiger partial charge >= 0.3 is 0 Å². The fraction of sp³-hybridized carbons (Fsp3) is 0.636. The van der Waals surface area contributed by atoms with Gasteiger partial charge in [0.25, 0.3) is 0 Å². The first-order valence-corrected chi connectivity index (χ1v) is 5.95. The number of hydrogen-bond donors (Lipinski definition) is 1. The van der Waals surface area contributed by atoms with Crippen LogP contribution < -0.4 is 0 Å². The van der Waals surface area contributed by atoms with E-state index in [1.165, 1.54) is 12.0 Å². The van der Waals surface area contributed by atoms with E-state index in [0.29, 0.717) is 16.5 Å². The Balaban J connectivity index is 2.06. The van der Waals surface area contributed by atoms with E-state index in [4.69, 9.17) is 0 Å². The summed E-state index contributed by atoms with van der Waals surface area (Å²) in [5, 5.41) is 9.81. The molecule has 1 N–H and O–H groups in total. The van der Waals surface area contributed by atoms with Gasteiger partial charge in [-0.05, 0) is 30.8 Å². The van der Waals surface area contributed by atoms with Gasteiger partial charge < -0.3 is 5.11 Å². The Bertz CT molecular complexity index is 316. The van der Waals surface area contributed by atoms with Crippen LogP contribution in [0.1, 0.15) is 25.7 Å². The Morgan fingerprint density at radius 3 is 3.08 bits per heavy atom. The smallest absolute Gasteiger partial charge is 0.0923 e. The second-order valence-electron chi connectivity index (χ2n) is 4.30. The Morgan fingerprint density at radius 1 is 1.38 bits per heavy atom. The van der Waals surface area contributed by atoms with Crippen molar-refractivity contribution in [2.45, 2.75) is 30.5 Å². The lowest BCUT2D eigenvalue weighted by molar-refractivity contribution is 0.350. The van der Waals surface area contributed by atoms with Crippen LogP contribution in [-0.4, -0.2) is 9.93 Å². The third-order valence-electron chi connectivity index (χ3n) is 3.74. The summed E-state index contributed by atoms with van der Waals surface area (Å²) in [4.78, 5) is 0.612. The normalized spacial score (nSPS) is 42.2. The van der Waals surface area contributed by atoms with Gasteiger partial charge in [-0.1, -0.05) is 27.6 Å². The summed E-state index contributed by atoms with van der Waals surface area (Å²) in [5.41, 5.74) is 2.89. The molecule has 13 heavy (non-hydrogen) atoms. The molecule has 2 heteroatoms. The van der Waals surface area contributed by atoms with Crippen molar-refractivity contribution in [2.75, 3.05) is 0 Å². The molecule has 0 spiro atoms. The monoisotopic (exact) mass is 240 g/mol. The molecule has 0 aromatic rings. The number of aliphatic hydroxyl groups is 1. The molecule has 0 amide bonds. The number of halogens is 1. The van der Waals surface area contributed by atoms with E-state index in [1.54, 1.807) is 5.57 Å². The van der Waals surface area contributed by atoms with Gasteiger partial charge in [0.1, 0.15) is 0 Å². The number of hydrogen-bond acceptors (Lipinski definition) is 1. The number of rotatable bonds is 0. The van der Waals surface area contributed by atoms with Gasteiger partial charge in [-0.15, -0.1) is 0 Å². The minimum absolute atomic E-state index is 0.612. The van der Waals surface area contributed by atoms with E-state index >= 15 is 0 Å². The quantitative estimate of drug-likeness (QED) is 0.509. The highest BCUT2D eigenvalue weighted by Crippen LogP contribution is 2.58. The van der Waals surface area contributed by atoms with Crippen LogP contribution in [0.2, 0.25) is 0 Å². The first-order valence-electron chi connectivity index (χ1n) is 5.04. The molecule has 0 aliphatic heterocycles. The molecular formula is C11H13BrO. The predicted molar refractivity (Wildman–Crippen MR) is 55.9 cm³/mol. The summed E-state index contributed by atoms with van der Waals surface area (Å²) < 4.78 is 0. The van der Waals surface area contributed by atoms with E-state index in [2.05, 4.69) is 22.0 Å². The highest BCUT2D eigenvalue weighted by Gasteiger charge is 2.50. The molecule has 0 aromatic carbocycles. The molecule has 3 atom stereocenters. The molecule has 2 saturated carbocycles. The molecule has 2 fully saturated rings. The molecule has 0 radical (unpaired) electrons. The van der Waals surface area contributed by atoms with Crippen molar-refractivity contribution in [3.63, 3.8) is 0 Å². The molecule has 3 aliphatic rings. The zero-order chi connectivity index (χ0) is 9.00. The maximum absolute atomic E-state index is 9.81. The van der Waals surface area contributed by atoms with Crippen LogP contribution in [0.5, 0.6) is 0 Å². The second kappa shape index (κ2) is 2.63. The Kier molecular flexibility index (Phi) is 1.64. The van der Waals surface area contributed by atoms with Crippen LogP contribution in [0.4, 0.5) is 0 Å².